The van der Waals surface area contributed by atoms with Crippen molar-refractivity contribution >= 4 is 0 Å². The Hall–Kier alpha value is -0.940. The highest BCUT2D eigenvalue weighted by atomic mass is 16.7. The van der Waals surface area contributed by atoms with E-state index in [1.165, 1.54) is 12.8 Å². The van der Waals surface area contributed by atoms with Gasteiger partial charge in [-0.15, -0.1) is 0 Å². The molecule has 1 aliphatic rings. The van der Waals surface area contributed by atoms with Crippen LogP contribution in [-0.4, -0.2) is 39.6 Å². The van der Waals surface area contributed by atoms with Crippen LogP contribution in [-0.2, 0) is 4.84 Å². The first-order valence-electron chi connectivity index (χ1n) is 9.19. The number of aliphatic hydroxyl groups excluding tert-OH is 2. The first-order valence-corrected chi connectivity index (χ1v) is 9.19. The van der Waals surface area contributed by atoms with E-state index in [-0.39, 0.29) is 19.3 Å². The summed E-state index contributed by atoms with van der Waals surface area (Å²) in [6.07, 6.45) is 6.22. The molecular formula is C20H33NO3. The van der Waals surface area contributed by atoms with Gasteiger partial charge in [-0.1, -0.05) is 56.0 Å². The molecule has 2 N–H and O–H groups in total. The Morgan fingerprint density at radius 2 is 1.67 bits per heavy atom. The van der Waals surface area contributed by atoms with Gasteiger partial charge in [0.2, 0.25) is 0 Å². The average molecular weight is 335 g/mol. The summed E-state index contributed by atoms with van der Waals surface area (Å²) in [5, 5.41) is 22.2. The lowest BCUT2D eigenvalue weighted by Crippen LogP contribution is -2.61. The highest BCUT2D eigenvalue weighted by Crippen LogP contribution is 2.39. The van der Waals surface area contributed by atoms with Gasteiger partial charge in [0.25, 0.3) is 0 Å². The molecule has 1 atom stereocenters. The van der Waals surface area contributed by atoms with E-state index < -0.39 is 11.1 Å². The van der Waals surface area contributed by atoms with Crippen LogP contribution in [0.1, 0.15) is 71.0 Å². The van der Waals surface area contributed by atoms with Crippen LogP contribution in [0.25, 0.3) is 0 Å². The third-order valence-electron chi connectivity index (χ3n) is 5.23. The lowest BCUT2D eigenvalue weighted by Gasteiger charge is -2.50. The summed E-state index contributed by atoms with van der Waals surface area (Å²) in [7, 11) is 0. The SMILES string of the molecule is CC(ON(C(C)(C)CO)C1(CO)CCCCCC1)c1ccccc1. The van der Waals surface area contributed by atoms with Gasteiger partial charge in [-0.25, -0.2) is 0 Å². The van der Waals surface area contributed by atoms with E-state index in [2.05, 4.69) is 0 Å². The zero-order valence-electron chi connectivity index (χ0n) is 15.4. The van der Waals surface area contributed by atoms with Gasteiger partial charge >= 0.3 is 0 Å². The van der Waals surface area contributed by atoms with E-state index in [0.717, 1.165) is 31.2 Å². The molecule has 0 heterocycles. The van der Waals surface area contributed by atoms with Crippen LogP contribution in [0.15, 0.2) is 30.3 Å². The molecule has 0 spiro atoms. The largest absolute Gasteiger partial charge is 0.394 e. The van der Waals surface area contributed by atoms with E-state index >= 15 is 0 Å². The van der Waals surface area contributed by atoms with Crippen molar-refractivity contribution in [2.24, 2.45) is 0 Å². The quantitative estimate of drug-likeness (QED) is 0.587. The third-order valence-corrected chi connectivity index (χ3v) is 5.23. The van der Waals surface area contributed by atoms with E-state index in [0.29, 0.717) is 0 Å². The molecule has 0 aliphatic heterocycles. The normalized spacial score (nSPS) is 19.9. The van der Waals surface area contributed by atoms with Crippen molar-refractivity contribution in [1.29, 1.82) is 0 Å². The van der Waals surface area contributed by atoms with Crippen molar-refractivity contribution in [3.8, 4) is 0 Å². The maximum Gasteiger partial charge on any atom is 0.102 e. The molecule has 0 amide bonds. The molecule has 4 heteroatoms. The monoisotopic (exact) mass is 335 g/mol. The summed E-state index contributed by atoms with van der Waals surface area (Å²) in [6.45, 7) is 6.02. The fraction of sp³-hybridized carbons (Fsp3) is 0.700. The molecule has 2 rings (SSSR count). The minimum Gasteiger partial charge on any atom is -0.394 e. The molecule has 1 fully saturated rings. The molecule has 1 aromatic rings. The molecular weight excluding hydrogens is 302 g/mol. The van der Waals surface area contributed by atoms with Crippen molar-refractivity contribution in [3.63, 3.8) is 0 Å². The summed E-state index contributed by atoms with van der Waals surface area (Å²) in [5.41, 5.74) is 0.111. The molecule has 0 bridgehead atoms. The molecule has 0 radical (unpaired) electrons. The first-order chi connectivity index (χ1) is 11.4. The van der Waals surface area contributed by atoms with Gasteiger partial charge in [0, 0.05) is 0 Å². The van der Waals surface area contributed by atoms with Crippen LogP contribution < -0.4 is 0 Å². The van der Waals surface area contributed by atoms with Crippen LogP contribution in [0.3, 0.4) is 0 Å². The molecule has 1 aliphatic carbocycles. The van der Waals surface area contributed by atoms with Gasteiger partial charge in [0.05, 0.1) is 24.3 Å². The van der Waals surface area contributed by atoms with Crippen molar-refractivity contribution < 1.29 is 15.1 Å². The Kier molecular flexibility index (Phi) is 6.81. The first kappa shape index (κ1) is 19.4. The number of hydrogen-bond donors (Lipinski definition) is 2. The van der Waals surface area contributed by atoms with Gasteiger partial charge in [0.15, 0.2) is 0 Å². The number of nitrogens with zero attached hydrogens (tertiary/aromatic N) is 1. The van der Waals surface area contributed by atoms with Gasteiger partial charge in [0.1, 0.15) is 6.10 Å². The van der Waals surface area contributed by atoms with Crippen LogP contribution in [0.2, 0.25) is 0 Å². The Morgan fingerprint density at radius 3 is 2.17 bits per heavy atom. The predicted octanol–water partition coefficient (Wildman–Crippen LogP) is 3.84. The number of benzene rings is 1. The van der Waals surface area contributed by atoms with Gasteiger partial charge in [-0.3, -0.25) is 4.84 Å². The number of aliphatic hydroxyl groups is 2. The van der Waals surface area contributed by atoms with Crippen molar-refractivity contribution in [2.75, 3.05) is 13.2 Å². The lowest BCUT2D eigenvalue weighted by atomic mass is 9.87. The van der Waals surface area contributed by atoms with Gasteiger partial charge in [-0.2, -0.15) is 5.06 Å². The van der Waals surface area contributed by atoms with Crippen LogP contribution in [0.5, 0.6) is 0 Å². The van der Waals surface area contributed by atoms with Crippen molar-refractivity contribution in [1.82, 2.24) is 5.06 Å². The second-order valence-corrected chi connectivity index (χ2v) is 7.72. The lowest BCUT2D eigenvalue weighted by molar-refractivity contribution is -0.311. The Bertz CT molecular complexity index is 481. The smallest absolute Gasteiger partial charge is 0.102 e. The topological polar surface area (TPSA) is 52.9 Å². The molecule has 1 saturated carbocycles. The van der Waals surface area contributed by atoms with Gasteiger partial charge in [-0.05, 0) is 39.2 Å². The molecule has 136 valence electrons. The summed E-state index contributed by atoms with van der Waals surface area (Å²) in [4.78, 5) is 6.39. The van der Waals surface area contributed by atoms with E-state index in [4.69, 9.17) is 4.84 Å². The molecule has 0 saturated heterocycles. The zero-order valence-corrected chi connectivity index (χ0v) is 15.4. The minimum atomic E-state index is -0.559. The summed E-state index contributed by atoms with van der Waals surface area (Å²) in [5.74, 6) is 0. The molecule has 0 aromatic heterocycles. The average Bonchev–Trinajstić information content (AvgIpc) is 2.86. The number of hydroxylamine groups is 2. The number of hydrogen-bond acceptors (Lipinski definition) is 4. The second kappa shape index (κ2) is 8.43. The van der Waals surface area contributed by atoms with Crippen LogP contribution in [0, 0.1) is 0 Å². The Labute approximate surface area is 146 Å². The van der Waals surface area contributed by atoms with E-state index in [1.54, 1.807) is 0 Å². The van der Waals surface area contributed by atoms with E-state index in [9.17, 15) is 10.2 Å². The molecule has 24 heavy (non-hydrogen) atoms. The van der Waals surface area contributed by atoms with Crippen LogP contribution >= 0.6 is 0 Å². The maximum absolute atomic E-state index is 10.3. The molecule has 1 aromatic carbocycles. The number of rotatable bonds is 7. The van der Waals surface area contributed by atoms with E-state index in [1.807, 2.05) is 56.2 Å². The Morgan fingerprint density at radius 1 is 1.08 bits per heavy atom. The third kappa shape index (κ3) is 4.37. The fourth-order valence-corrected chi connectivity index (χ4v) is 3.72. The summed E-state index contributed by atoms with van der Waals surface area (Å²) < 4.78 is 0. The minimum absolute atomic E-state index is 0.0176. The van der Waals surface area contributed by atoms with Gasteiger partial charge < -0.3 is 10.2 Å². The highest BCUT2D eigenvalue weighted by Gasteiger charge is 2.45. The second-order valence-electron chi connectivity index (χ2n) is 7.72. The van der Waals surface area contributed by atoms with Crippen molar-refractivity contribution in [3.05, 3.63) is 35.9 Å². The summed E-state index contributed by atoms with van der Waals surface area (Å²) >= 11 is 0. The van der Waals surface area contributed by atoms with Crippen LogP contribution in [0.4, 0.5) is 0 Å². The Balaban J connectivity index is 2.30. The van der Waals surface area contributed by atoms with Crippen molar-refractivity contribution in [2.45, 2.75) is 76.5 Å². The predicted molar refractivity (Wildman–Crippen MR) is 96.5 cm³/mol. The fourth-order valence-electron chi connectivity index (χ4n) is 3.72. The standard InChI is InChI=1S/C20H33NO3/c1-17(18-11-7-6-8-12-18)24-21(19(2,3)15-22)20(16-23)13-9-4-5-10-14-20/h6-8,11-12,17,22-23H,4-5,9-10,13-16H2,1-3H3. The summed E-state index contributed by atoms with van der Waals surface area (Å²) in [6, 6.07) is 10.1. The molecule has 4 nitrogen and oxygen atoms in total. The molecule has 1 unspecified atom stereocenters. The zero-order chi connectivity index (χ0) is 17.6. The maximum atomic E-state index is 10.3. The highest BCUT2D eigenvalue weighted by molar-refractivity contribution is 5.16.